The minimum Gasteiger partial charge on any atom is -0.394 e. The zero-order valence-corrected chi connectivity index (χ0v) is 8.36. The lowest BCUT2D eigenvalue weighted by molar-refractivity contribution is 0.236. The molecule has 0 spiro atoms. The van der Waals surface area contributed by atoms with E-state index in [1.54, 1.807) is 0 Å². The Morgan fingerprint density at radius 1 is 1.64 bits per heavy atom. The molecule has 3 N–H and O–H groups in total. The minimum absolute atomic E-state index is 0.0335. The number of hydrogen-bond donors (Lipinski definition) is 2. The molecule has 0 radical (unpaired) electrons. The fourth-order valence-electron chi connectivity index (χ4n) is 0.789. The highest BCUT2D eigenvalue weighted by molar-refractivity contribution is 7.89. The van der Waals surface area contributed by atoms with E-state index in [-0.39, 0.29) is 24.1 Å². The van der Waals surface area contributed by atoms with Gasteiger partial charge in [0.05, 0.1) is 6.61 Å². The van der Waals surface area contributed by atoms with E-state index in [1.165, 1.54) is 0 Å². The highest BCUT2D eigenvalue weighted by Gasteiger charge is 2.16. The van der Waals surface area contributed by atoms with E-state index in [0.29, 0.717) is 0 Å². The Morgan fingerprint density at radius 2 is 2.29 bits per heavy atom. The van der Waals surface area contributed by atoms with Crippen LogP contribution in [0.5, 0.6) is 0 Å². The van der Waals surface area contributed by atoms with Gasteiger partial charge in [0.1, 0.15) is 11.8 Å². The third-order valence-electron chi connectivity index (χ3n) is 1.39. The van der Waals surface area contributed by atoms with Crippen molar-refractivity contribution in [1.29, 1.82) is 0 Å². The summed E-state index contributed by atoms with van der Waals surface area (Å²) in [6.07, 6.45) is 1.06. The van der Waals surface area contributed by atoms with Gasteiger partial charge >= 0.3 is 0 Å². The van der Waals surface area contributed by atoms with Gasteiger partial charge in [-0.2, -0.15) is 4.98 Å². The zero-order chi connectivity index (χ0) is 10.8. The standard InChI is InChI=1S/C6H11N3O4S/c1-14(11,12)3-5-8-6(13-9-5)4(7)2-10/h4,10H,2-3,7H2,1H3/t4-/m0/s1. The zero-order valence-electron chi connectivity index (χ0n) is 7.54. The highest BCUT2D eigenvalue weighted by Crippen LogP contribution is 2.07. The number of sulfone groups is 1. The van der Waals surface area contributed by atoms with Crippen molar-refractivity contribution < 1.29 is 18.0 Å². The molecular formula is C6H11N3O4S. The average Bonchev–Trinajstić information content (AvgIpc) is 2.48. The van der Waals surface area contributed by atoms with Crippen molar-refractivity contribution in [1.82, 2.24) is 10.1 Å². The summed E-state index contributed by atoms with van der Waals surface area (Å²) in [5, 5.41) is 12.1. The fourth-order valence-corrected chi connectivity index (χ4v) is 1.38. The van der Waals surface area contributed by atoms with Gasteiger partial charge in [-0.05, 0) is 0 Å². The molecule has 80 valence electrons. The van der Waals surface area contributed by atoms with Crippen LogP contribution in [0, 0.1) is 0 Å². The molecule has 0 fully saturated rings. The molecule has 0 aromatic carbocycles. The largest absolute Gasteiger partial charge is 0.394 e. The Balaban J connectivity index is 2.79. The first-order valence-electron chi connectivity index (χ1n) is 3.79. The molecule has 7 nitrogen and oxygen atoms in total. The van der Waals surface area contributed by atoms with Crippen LogP contribution in [-0.2, 0) is 15.6 Å². The van der Waals surface area contributed by atoms with Crippen molar-refractivity contribution in [3.63, 3.8) is 0 Å². The Labute approximate surface area is 80.8 Å². The Hall–Kier alpha value is -0.990. The van der Waals surface area contributed by atoms with Crippen molar-refractivity contribution in [2.45, 2.75) is 11.8 Å². The minimum atomic E-state index is -3.18. The first-order chi connectivity index (χ1) is 6.42. The van der Waals surface area contributed by atoms with Gasteiger partial charge in [0.15, 0.2) is 15.7 Å². The van der Waals surface area contributed by atoms with Gasteiger partial charge in [0, 0.05) is 6.26 Å². The molecule has 0 unspecified atom stereocenters. The Morgan fingerprint density at radius 3 is 2.79 bits per heavy atom. The maximum Gasteiger partial charge on any atom is 0.245 e. The third-order valence-corrected chi connectivity index (χ3v) is 2.17. The number of hydrogen-bond acceptors (Lipinski definition) is 7. The molecule has 14 heavy (non-hydrogen) atoms. The summed E-state index contributed by atoms with van der Waals surface area (Å²) in [5.74, 6) is -0.216. The molecule has 1 heterocycles. The summed E-state index contributed by atoms with van der Waals surface area (Å²) < 4.78 is 26.3. The van der Waals surface area contributed by atoms with Gasteiger partial charge in [0.2, 0.25) is 5.89 Å². The van der Waals surface area contributed by atoms with Gasteiger partial charge in [-0.25, -0.2) is 8.42 Å². The Kier molecular flexibility index (Phi) is 3.19. The van der Waals surface area contributed by atoms with E-state index >= 15 is 0 Å². The molecule has 0 saturated heterocycles. The van der Waals surface area contributed by atoms with Crippen molar-refractivity contribution >= 4 is 9.84 Å². The van der Waals surface area contributed by atoms with E-state index in [1.807, 2.05) is 0 Å². The second-order valence-electron chi connectivity index (χ2n) is 2.91. The second-order valence-corrected chi connectivity index (χ2v) is 5.05. The number of aliphatic hydroxyl groups excluding tert-OH is 1. The van der Waals surface area contributed by atoms with Gasteiger partial charge in [0.25, 0.3) is 0 Å². The van der Waals surface area contributed by atoms with E-state index in [2.05, 4.69) is 14.7 Å². The lowest BCUT2D eigenvalue weighted by Gasteiger charge is -1.98. The molecule has 0 aliphatic heterocycles. The first-order valence-corrected chi connectivity index (χ1v) is 5.85. The second kappa shape index (κ2) is 4.03. The van der Waals surface area contributed by atoms with Crippen LogP contribution >= 0.6 is 0 Å². The molecule has 1 rings (SSSR count). The monoisotopic (exact) mass is 221 g/mol. The predicted octanol–water partition coefficient (Wildman–Crippen LogP) is -1.39. The van der Waals surface area contributed by atoms with Gasteiger partial charge in [-0.1, -0.05) is 5.16 Å². The van der Waals surface area contributed by atoms with Crippen LogP contribution in [0.3, 0.4) is 0 Å². The van der Waals surface area contributed by atoms with Crippen LogP contribution in [0.15, 0.2) is 4.52 Å². The molecule has 8 heteroatoms. The molecule has 0 amide bonds. The molecule has 0 saturated carbocycles. The summed E-state index contributed by atoms with van der Waals surface area (Å²) in [6.45, 7) is -0.333. The maximum absolute atomic E-state index is 10.8. The molecule has 1 atom stereocenters. The van der Waals surface area contributed by atoms with Gasteiger partial charge in [-0.3, -0.25) is 0 Å². The molecule has 0 bridgehead atoms. The Bertz CT molecular complexity index is 399. The number of rotatable bonds is 4. The highest BCUT2D eigenvalue weighted by atomic mass is 32.2. The summed E-state index contributed by atoms with van der Waals surface area (Å²) in [7, 11) is -3.18. The predicted molar refractivity (Wildman–Crippen MR) is 46.9 cm³/mol. The maximum atomic E-state index is 10.8. The molecular weight excluding hydrogens is 210 g/mol. The van der Waals surface area contributed by atoms with Crippen molar-refractivity contribution in [3.8, 4) is 0 Å². The normalized spacial score (nSPS) is 14.2. The van der Waals surface area contributed by atoms with Gasteiger partial charge < -0.3 is 15.4 Å². The average molecular weight is 221 g/mol. The van der Waals surface area contributed by atoms with Crippen molar-refractivity contribution in [2.75, 3.05) is 12.9 Å². The summed E-state index contributed by atoms with van der Waals surface area (Å²) in [6, 6.07) is -0.768. The van der Waals surface area contributed by atoms with Gasteiger partial charge in [-0.15, -0.1) is 0 Å². The summed E-state index contributed by atoms with van der Waals surface area (Å²) >= 11 is 0. The van der Waals surface area contributed by atoms with Crippen LogP contribution in [-0.4, -0.2) is 36.5 Å². The number of nitrogens with zero attached hydrogens (tertiary/aromatic N) is 2. The summed E-state index contributed by atoms with van der Waals surface area (Å²) in [5.41, 5.74) is 5.38. The number of nitrogens with two attached hydrogens (primary N) is 1. The van der Waals surface area contributed by atoms with Crippen LogP contribution in [0.4, 0.5) is 0 Å². The molecule has 1 aromatic rings. The van der Waals surface area contributed by atoms with Crippen LogP contribution in [0.25, 0.3) is 0 Å². The van der Waals surface area contributed by atoms with Crippen molar-refractivity contribution in [2.24, 2.45) is 5.73 Å². The van der Waals surface area contributed by atoms with Crippen molar-refractivity contribution in [3.05, 3.63) is 11.7 Å². The molecule has 1 aromatic heterocycles. The van der Waals surface area contributed by atoms with E-state index in [9.17, 15) is 8.42 Å². The lowest BCUT2D eigenvalue weighted by Crippen LogP contribution is -2.15. The number of aromatic nitrogens is 2. The SMILES string of the molecule is CS(=O)(=O)Cc1noc([C@@H](N)CO)n1. The molecule has 0 aliphatic rings. The molecule has 0 aliphatic carbocycles. The lowest BCUT2D eigenvalue weighted by atomic mass is 10.3. The van der Waals surface area contributed by atoms with Crippen LogP contribution in [0.2, 0.25) is 0 Å². The van der Waals surface area contributed by atoms with Crippen LogP contribution < -0.4 is 5.73 Å². The fraction of sp³-hybridized carbons (Fsp3) is 0.667. The van der Waals surface area contributed by atoms with E-state index < -0.39 is 15.9 Å². The number of aliphatic hydroxyl groups is 1. The quantitative estimate of drug-likeness (QED) is 0.642. The smallest absolute Gasteiger partial charge is 0.245 e. The summed E-state index contributed by atoms with van der Waals surface area (Å²) in [4.78, 5) is 3.72. The van der Waals surface area contributed by atoms with E-state index in [4.69, 9.17) is 10.8 Å². The van der Waals surface area contributed by atoms with Crippen LogP contribution in [0.1, 0.15) is 17.8 Å². The van der Waals surface area contributed by atoms with E-state index in [0.717, 1.165) is 6.26 Å². The topological polar surface area (TPSA) is 119 Å². The third kappa shape index (κ3) is 3.05. The first kappa shape index (κ1) is 11.1.